The standard InChI is InChI=1S/C63H115NO5/c1-4-7-10-13-16-19-22-25-28-31-33-36-39-42-45-48-51-54-59(69-63(68)56-53-50-47-44-41-38-35-30-27-24-21-18-15-12-9-6-3)57-62(67)64-60(58-65)61(66)55-52-49-46-43-40-37-34-32-29-26-23-20-17-14-11-8-5-2/h16,19,25,28,30,33,35-36,38,41,59-61,65-66H,4-15,17-18,20-24,26-27,29,31-32,34,37,39-40,42-58H2,1-3H3,(H,64,67)/b19-16-,28-25-,35-30+,36-33-,41-38+. The molecule has 0 heterocycles. The average Bonchev–Trinajstić information content (AvgIpc) is 3.34. The van der Waals surface area contributed by atoms with Gasteiger partial charge in [-0.25, -0.2) is 0 Å². The Morgan fingerprint density at radius 1 is 0.435 bits per heavy atom. The molecule has 0 aromatic rings. The van der Waals surface area contributed by atoms with Gasteiger partial charge in [-0.3, -0.25) is 9.59 Å². The first-order valence-electron chi connectivity index (χ1n) is 30.0. The largest absolute Gasteiger partial charge is 0.462 e. The smallest absolute Gasteiger partial charge is 0.306 e. The van der Waals surface area contributed by atoms with Crippen molar-refractivity contribution in [2.45, 2.75) is 322 Å². The minimum atomic E-state index is -0.801. The lowest BCUT2D eigenvalue weighted by molar-refractivity contribution is -0.151. The van der Waals surface area contributed by atoms with Crippen LogP contribution < -0.4 is 5.32 Å². The zero-order valence-electron chi connectivity index (χ0n) is 45.9. The highest BCUT2D eigenvalue weighted by Crippen LogP contribution is 2.18. The summed E-state index contributed by atoms with van der Waals surface area (Å²) in [7, 11) is 0. The van der Waals surface area contributed by atoms with E-state index in [-0.39, 0.29) is 24.9 Å². The van der Waals surface area contributed by atoms with Gasteiger partial charge in [-0.2, -0.15) is 0 Å². The third kappa shape index (κ3) is 51.7. The Morgan fingerprint density at radius 2 is 0.783 bits per heavy atom. The molecule has 0 aromatic carbocycles. The van der Waals surface area contributed by atoms with Gasteiger partial charge in [0, 0.05) is 6.42 Å². The molecule has 0 saturated carbocycles. The molecule has 0 aliphatic rings. The number of nitrogens with one attached hydrogen (secondary N) is 1. The number of allylic oxidation sites excluding steroid dienone is 10. The van der Waals surface area contributed by atoms with Gasteiger partial charge in [-0.1, -0.05) is 261 Å². The molecule has 0 aromatic heterocycles. The van der Waals surface area contributed by atoms with E-state index in [2.05, 4.69) is 86.8 Å². The van der Waals surface area contributed by atoms with Crippen LogP contribution in [0.1, 0.15) is 303 Å². The van der Waals surface area contributed by atoms with E-state index in [1.165, 1.54) is 161 Å². The van der Waals surface area contributed by atoms with E-state index in [1.807, 2.05) is 0 Å². The van der Waals surface area contributed by atoms with Crippen LogP contribution >= 0.6 is 0 Å². The van der Waals surface area contributed by atoms with E-state index in [0.717, 1.165) is 96.3 Å². The number of carbonyl (C=O) groups is 2. The zero-order valence-corrected chi connectivity index (χ0v) is 45.9. The Balaban J connectivity index is 4.62. The van der Waals surface area contributed by atoms with Crippen molar-refractivity contribution in [2.24, 2.45) is 0 Å². The Labute approximate surface area is 428 Å². The van der Waals surface area contributed by atoms with E-state index in [1.54, 1.807) is 0 Å². The molecule has 6 heteroatoms. The van der Waals surface area contributed by atoms with Gasteiger partial charge in [-0.05, 0) is 89.9 Å². The van der Waals surface area contributed by atoms with Gasteiger partial charge in [0.1, 0.15) is 6.10 Å². The second-order valence-corrected chi connectivity index (χ2v) is 20.4. The van der Waals surface area contributed by atoms with Crippen LogP contribution in [-0.2, 0) is 14.3 Å². The molecule has 69 heavy (non-hydrogen) atoms. The Kier molecular flexibility index (Phi) is 54.5. The number of amides is 1. The van der Waals surface area contributed by atoms with E-state index in [4.69, 9.17) is 4.74 Å². The maximum absolute atomic E-state index is 13.3. The maximum Gasteiger partial charge on any atom is 0.306 e. The van der Waals surface area contributed by atoms with Crippen molar-refractivity contribution in [3.8, 4) is 0 Å². The monoisotopic (exact) mass is 966 g/mol. The summed E-state index contributed by atoms with van der Waals surface area (Å²) in [6, 6.07) is -0.717. The second-order valence-electron chi connectivity index (χ2n) is 20.4. The van der Waals surface area contributed by atoms with Crippen molar-refractivity contribution in [1.29, 1.82) is 0 Å². The van der Waals surface area contributed by atoms with Crippen molar-refractivity contribution in [3.05, 3.63) is 60.8 Å². The summed E-state index contributed by atoms with van der Waals surface area (Å²) in [5.74, 6) is -0.518. The summed E-state index contributed by atoms with van der Waals surface area (Å²) in [5.41, 5.74) is 0. The lowest BCUT2D eigenvalue weighted by Gasteiger charge is -2.24. The number of unbranched alkanes of at least 4 members (excludes halogenated alkanes) is 33. The first kappa shape index (κ1) is 66.6. The number of hydrogen-bond acceptors (Lipinski definition) is 5. The predicted molar refractivity (Wildman–Crippen MR) is 301 cm³/mol. The van der Waals surface area contributed by atoms with Crippen LogP contribution in [0.4, 0.5) is 0 Å². The molecule has 0 aliphatic carbocycles. The van der Waals surface area contributed by atoms with Crippen LogP contribution in [0.5, 0.6) is 0 Å². The van der Waals surface area contributed by atoms with Crippen LogP contribution in [0.25, 0.3) is 0 Å². The normalized spacial score (nSPS) is 13.5. The molecule has 6 nitrogen and oxygen atoms in total. The zero-order chi connectivity index (χ0) is 50.2. The fourth-order valence-corrected chi connectivity index (χ4v) is 9.02. The number of aliphatic hydroxyl groups is 2. The fourth-order valence-electron chi connectivity index (χ4n) is 9.02. The highest BCUT2D eigenvalue weighted by atomic mass is 16.5. The summed E-state index contributed by atoms with van der Waals surface area (Å²) >= 11 is 0. The molecule has 0 radical (unpaired) electrons. The Bertz CT molecular complexity index is 1220. The highest BCUT2D eigenvalue weighted by Gasteiger charge is 2.24. The third-order valence-corrected chi connectivity index (χ3v) is 13.6. The van der Waals surface area contributed by atoms with Crippen molar-refractivity contribution in [3.63, 3.8) is 0 Å². The molecule has 0 rings (SSSR count). The van der Waals surface area contributed by atoms with Gasteiger partial charge in [0.25, 0.3) is 0 Å². The molecular formula is C63H115NO5. The molecule has 0 fully saturated rings. The molecule has 0 saturated heterocycles. The van der Waals surface area contributed by atoms with Crippen molar-refractivity contribution in [1.82, 2.24) is 5.32 Å². The Morgan fingerprint density at radius 3 is 1.23 bits per heavy atom. The first-order chi connectivity index (χ1) is 34.0. The number of rotatable bonds is 54. The molecule has 0 bridgehead atoms. The van der Waals surface area contributed by atoms with Crippen molar-refractivity contribution >= 4 is 11.9 Å². The quantitative estimate of drug-likeness (QED) is 0.0244. The minimum absolute atomic E-state index is 0.0518. The predicted octanol–water partition coefficient (Wildman–Crippen LogP) is 18.7. The van der Waals surface area contributed by atoms with Crippen LogP contribution in [0.2, 0.25) is 0 Å². The van der Waals surface area contributed by atoms with Crippen molar-refractivity contribution in [2.75, 3.05) is 6.61 Å². The number of aliphatic hydroxyl groups excluding tert-OH is 2. The van der Waals surface area contributed by atoms with Gasteiger partial charge in [-0.15, -0.1) is 0 Å². The van der Waals surface area contributed by atoms with Gasteiger partial charge in [0.2, 0.25) is 5.91 Å². The molecule has 0 spiro atoms. The molecule has 1 amide bonds. The van der Waals surface area contributed by atoms with Gasteiger partial charge < -0.3 is 20.3 Å². The van der Waals surface area contributed by atoms with Crippen LogP contribution in [0.15, 0.2) is 60.8 Å². The number of esters is 1. The lowest BCUT2D eigenvalue weighted by atomic mass is 10.0. The van der Waals surface area contributed by atoms with E-state index >= 15 is 0 Å². The topological polar surface area (TPSA) is 95.9 Å². The molecule has 3 unspecified atom stereocenters. The second kappa shape index (κ2) is 56.5. The summed E-state index contributed by atoms with van der Waals surface area (Å²) in [6.45, 7) is 6.47. The molecular weight excluding hydrogens is 851 g/mol. The van der Waals surface area contributed by atoms with Crippen LogP contribution in [-0.4, -0.2) is 46.9 Å². The average molecular weight is 967 g/mol. The number of ether oxygens (including phenoxy) is 1. The first-order valence-corrected chi connectivity index (χ1v) is 30.0. The summed E-state index contributed by atoms with van der Waals surface area (Å²) in [5, 5.41) is 23.9. The van der Waals surface area contributed by atoms with E-state index < -0.39 is 18.2 Å². The van der Waals surface area contributed by atoms with Crippen LogP contribution in [0.3, 0.4) is 0 Å². The summed E-state index contributed by atoms with van der Waals surface area (Å²) in [6.07, 6.45) is 71.4. The van der Waals surface area contributed by atoms with Gasteiger partial charge in [0.15, 0.2) is 0 Å². The highest BCUT2D eigenvalue weighted by molar-refractivity contribution is 5.77. The maximum atomic E-state index is 13.3. The van der Waals surface area contributed by atoms with Gasteiger partial charge >= 0.3 is 5.97 Å². The van der Waals surface area contributed by atoms with Gasteiger partial charge in [0.05, 0.1) is 25.2 Å². The van der Waals surface area contributed by atoms with Crippen LogP contribution in [0, 0.1) is 0 Å². The lowest BCUT2D eigenvalue weighted by Crippen LogP contribution is -2.46. The third-order valence-electron chi connectivity index (χ3n) is 13.6. The van der Waals surface area contributed by atoms with Crippen molar-refractivity contribution < 1.29 is 24.5 Å². The van der Waals surface area contributed by atoms with E-state index in [9.17, 15) is 19.8 Å². The van der Waals surface area contributed by atoms with E-state index in [0.29, 0.717) is 19.3 Å². The molecule has 0 aliphatic heterocycles. The summed E-state index contributed by atoms with van der Waals surface area (Å²) in [4.78, 5) is 26.3. The number of carbonyl (C=O) groups excluding carboxylic acids is 2. The Hall–Kier alpha value is -2.44. The minimum Gasteiger partial charge on any atom is -0.462 e. The summed E-state index contributed by atoms with van der Waals surface area (Å²) < 4.78 is 5.95. The number of hydrogen-bond donors (Lipinski definition) is 3. The molecule has 402 valence electrons. The molecule has 3 atom stereocenters. The molecule has 3 N–H and O–H groups in total. The fraction of sp³-hybridized carbons (Fsp3) is 0.810. The SMILES string of the molecule is CCCCC/C=C\C/C=C\C/C=C\CCCCCCC(CC(=O)NC(CO)C(O)CCCCCCCCCCCCCCCCCCC)OC(=O)CCCCC/C=C/C=C/CCCCCCCCC.